The molecule has 0 atom stereocenters. The van der Waals surface area contributed by atoms with E-state index < -0.39 is 5.60 Å². The van der Waals surface area contributed by atoms with Gasteiger partial charge in [0.25, 0.3) is 5.91 Å². The molecule has 0 aliphatic heterocycles. The van der Waals surface area contributed by atoms with Crippen LogP contribution in [0.15, 0.2) is 24.3 Å². The Hall–Kier alpha value is -1.35. The molecule has 3 nitrogen and oxygen atoms in total. The Bertz CT molecular complexity index is 393. The predicted molar refractivity (Wildman–Crippen MR) is 69.1 cm³/mol. The molecule has 3 heteroatoms. The van der Waals surface area contributed by atoms with Crippen LogP contribution in [-0.4, -0.2) is 35.1 Å². The van der Waals surface area contributed by atoms with Crippen molar-refractivity contribution in [1.29, 1.82) is 0 Å². The molecular weight excluding hydrogens is 214 g/mol. The molecule has 0 aliphatic rings. The molecule has 0 aromatic heterocycles. The van der Waals surface area contributed by atoms with Crippen LogP contribution >= 0.6 is 0 Å². The Morgan fingerprint density at radius 1 is 1.35 bits per heavy atom. The van der Waals surface area contributed by atoms with Gasteiger partial charge in [-0.05, 0) is 38.8 Å². The van der Waals surface area contributed by atoms with Gasteiger partial charge in [0.2, 0.25) is 0 Å². The quantitative estimate of drug-likeness (QED) is 0.869. The molecule has 17 heavy (non-hydrogen) atoms. The lowest BCUT2D eigenvalue weighted by Gasteiger charge is -2.23. The van der Waals surface area contributed by atoms with Gasteiger partial charge in [-0.3, -0.25) is 4.79 Å². The van der Waals surface area contributed by atoms with E-state index in [4.69, 9.17) is 0 Å². The average molecular weight is 235 g/mol. The summed E-state index contributed by atoms with van der Waals surface area (Å²) in [6.45, 7) is 5.98. The molecule has 94 valence electrons. The van der Waals surface area contributed by atoms with Crippen molar-refractivity contribution in [1.82, 2.24) is 4.90 Å². The Labute approximate surface area is 103 Å². The summed E-state index contributed by atoms with van der Waals surface area (Å²) < 4.78 is 0. The molecule has 1 N–H and O–H groups in total. The van der Waals surface area contributed by atoms with Crippen molar-refractivity contribution >= 4 is 5.91 Å². The van der Waals surface area contributed by atoms with Crippen LogP contribution in [0.3, 0.4) is 0 Å². The number of benzene rings is 1. The van der Waals surface area contributed by atoms with Crippen molar-refractivity contribution in [2.45, 2.75) is 32.8 Å². The summed E-state index contributed by atoms with van der Waals surface area (Å²) in [7, 11) is 1.76. The SMILES string of the molecule is Cc1ccccc1C(=O)N(C)CCC(C)(C)O. The molecule has 1 aromatic carbocycles. The van der Waals surface area contributed by atoms with E-state index in [9.17, 15) is 9.90 Å². The highest BCUT2D eigenvalue weighted by Gasteiger charge is 2.17. The van der Waals surface area contributed by atoms with Gasteiger partial charge in [-0.2, -0.15) is 0 Å². The van der Waals surface area contributed by atoms with Gasteiger partial charge in [0.15, 0.2) is 0 Å². The van der Waals surface area contributed by atoms with Gasteiger partial charge in [0, 0.05) is 19.2 Å². The summed E-state index contributed by atoms with van der Waals surface area (Å²) in [5.74, 6) is 0.00681. The van der Waals surface area contributed by atoms with E-state index >= 15 is 0 Å². The van der Waals surface area contributed by atoms with E-state index in [2.05, 4.69) is 0 Å². The Morgan fingerprint density at radius 2 is 1.94 bits per heavy atom. The number of rotatable bonds is 4. The lowest BCUT2D eigenvalue weighted by molar-refractivity contribution is 0.0544. The number of carbonyl (C=O) groups is 1. The van der Waals surface area contributed by atoms with Gasteiger partial charge in [0.05, 0.1) is 5.60 Å². The van der Waals surface area contributed by atoms with E-state index in [-0.39, 0.29) is 5.91 Å². The first-order valence-corrected chi connectivity index (χ1v) is 5.85. The van der Waals surface area contributed by atoms with Crippen LogP contribution in [0.1, 0.15) is 36.2 Å². The van der Waals surface area contributed by atoms with E-state index in [1.54, 1.807) is 25.8 Å². The lowest BCUT2D eigenvalue weighted by atomic mass is 10.0. The van der Waals surface area contributed by atoms with Crippen LogP contribution in [0, 0.1) is 6.92 Å². The van der Waals surface area contributed by atoms with Crippen molar-refractivity contribution in [3.05, 3.63) is 35.4 Å². The normalized spacial score (nSPS) is 11.4. The fraction of sp³-hybridized carbons (Fsp3) is 0.500. The molecule has 0 radical (unpaired) electrons. The first-order valence-electron chi connectivity index (χ1n) is 5.85. The lowest BCUT2D eigenvalue weighted by Crippen LogP contribution is -2.33. The van der Waals surface area contributed by atoms with Crippen molar-refractivity contribution < 1.29 is 9.90 Å². The number of aryl methyl sites for hydroxylation is 1. The molecule has 1 rings (SSSR count). The number of amides is 1. The van der Waals surface area contributed by atoms with Crippen LogP contribution in [0.25, 0.3) is 0 Å². The molecule has 0 aliphatic carbocycles. The minimum Gasteiger partial charge on any atom is -0.390 e. The number of aliphatic hydroxyl groups is 1. The summed E-state index contributed by atoms with van der Waals surface area (Å²) in [6, 6.07) is 7.54. The largest absolute Gasteiger partial charge is 0.390 e. The molecule has 1 aromatic rings. The van der Waals surface area contributed by atoms with Crippen LogP contribution in [0.2, 0.25) is 0 Å². The van der Waals surface area contributed by atoms with Gasteiger partial charge in [-0.1, -0.05) is 18.2 Å². The zero-order chi connectivity index (χ0) is 13.1. The third-order valence-electron chi connectivity index (χ3n) is 2.78. The molecule has 0 saturated heterocycles. The molecule has 0 saturated carbocycles. The Morgan fingerprint density at radius 3 is 2.47 bits per heavy atom. The molecular formula is C14H21NO2. The van der Waals surface area contributed by atoms with Crippen molar-refractivity contribution in [3.63, 3.8) is 0 Å². The molecule has 0 fully saturated rings. The second kappa shape index (κ2) is 5.32. The van der Waals surface area contributed by atoms with Crippen molar-refractivity contribution in [2.24, 2.45) is 0 Å². The summed E-state index contributed by atoms with van der Waals surface area (Å²) in [6.07, 6.45) is 0.571. The molecule has 0 spiro atoms. The van der Waals surface area contributed by atoms with E-state index in [1.165, 1.54) is 0 Å². The molecule has 0 bridgehead atoms. The average Bonchev–Trinajstić information content (AvgIpc) is 2.24. The van der Waals surface area contributed by atoms with Gasteiger partial charge in [0.1, 0.15) is 0 Å². The molecule has 1 amide bonds. The molecule has 0 unspecified atom stereocenters. The topological polar surface area (TPSA) is 40.5 Å². The van der Waals surface area contributed by atoms with Crippen LogP contribution in [0.4, 0.5) is 0 Å². The van der Waals surface area contributed by atoms with E-state index in [0.717, 1.165) is 11.1 Å². The van der Waals surface area contributed by atoms with Gasteiger partial charge < -0.3 is 10.0 Å². The van der Waals surface area contributed by atoms with Crippen LogP contribution in [-0.2, 0) is 0 Å². The maximum atomic E-state index is 12.1. The smallest absolute Gasteiger partial charge is 0.253 e. The number of hydrogen-bond donors (Lipinski definition) is 1. The van der Waals surface area contributed by atoms with Crippen molar-refractivity contribution in [2.75, 3.05) is 13.6 Å². The van der Waals surface area contributed by atoms with E-state index in [1.807, 2.05) is 31.2 Å². The summed E-state index contributed by atoms with van der Waals surface area (Å²) in [5, 5.41) is 9.64. The third kappa shape index (κ3) is 4.19. The third-order valence-corrected chi connectivity index (χ3v) is 2.78. The zero-order valence-corrected chi connectivity index (χ0v) is 11.0. The maximum Gasteiger partial charge on any atom is 0.253 e. The number of hydrogen-bond acceptors (Lipinski definition) is 2. The highest BCUT2D eigenvalue weighted by atomic mass is 16.3. The van der Waals surface area contributed by atoms with E-state index in [0.29, 0.717) is 13.0 Å². The monoisotopic (exact) mass is 235 g/mol. The Balaban J connectivity index is 2.68. The Kier molecular flexibility index (Phi) is 4.29. The first-order chi connectivity index (χ1) is 7.81. The zero-order valence-electron chi connectivity index (χ0n) is 11.0. The molecule has 0 heterocycles. The minimum atomic E-state index is -0.736. The second-order valence-electron chi connectivity index (χ2n) is 5.10. The number of carbonyl (C=O) groups excluding carboxylic acids is 1. The minimum absolute atomic E-state index is 0.00681. The van der Waals surface area contributed by atoms with Crippen LogP contribution < -0.4 is 0 Å². The first kappa shape index (κ1) is 13.7. The summed E-state index contributed by atoms with van der Waals surface area (Å²) in [5.41, 5.74) is 0.971. The second-order valence-corrected chi connectivity index (χ2v) is 5.10. The van der Waals surface area contributed by atoms with Gasteiger partial charge in [-0.25, -0.2) is 0 Å². The van der Waals surface area contributed by atoms with Gasteiger partial charge in [-0.15, -0.1) is 0 Å². The summed E-state index contributed by atoms with van der Waals surface area (Å²) in [4.78, 5) is 13.8. The fourth-order valence-electron chi connectivity index (χ4n) is 1.56. The predicted octanol–water partition coefficient (Wildman–Crippen LogP) is 2.23. The summed E-state index contributed by atoms with van der Waals surface area (Å²) >= 11 is 0. The number of nitrogens with zero attached hydrogens (tertiary/aromatic N) is 1. The fourth-order valence-corrected chi connectivity index (χ4v) is 1.56. The van der Waals surface area contributed by atoms with Crippen LogP contribution in [0.5, 0.6) is 0 Å². The van der Waals surface area contributed by atoms with Gasteiger partial charge >= 0.3 is 0 Å². The standard InChI is InChI=1S/C14H21NO2/c1-11-7-5-6-8-12(11)13(16)15(4)10-9-14(2,3)17/h5-8,17H,9-10H2,1-4H3. The maximum absolute atomic E-state index is 12.1. The highest BCUT2D eigenvalue weighted by Crippen LogP contribution is 2.12. The van der Waals surface area contributed by atoms with Crippen molar-refractivity contribution in [3.8, 4) is 0 Å². The highest BCUT2D eigenvalue weighted by molar-refractivity contribution is 5.95.